The number of rotatable bonds is 11. The van der Waals surface area contributed by atoms with Crippen molar-refractivity contribution in [3.8, 4) is 28.7 Å². The summed E-state index contributed by atoms with van der Waals surface area (Å²) in [5.74, 6) is 2.81. The largest absolute Gasteiger partial charge is 0.726 e. The lowest BCUT2D eigenvalue weighted by molar-refractivity contribution is -0.935. The van der Waals surface area contributed by atoms with E-state index in [1.165, 1.54) is 0 Å². The third-order valence-corrected chi connectivity index (χ3v) is 6.95. The van der Waals surface area contributed by atoms with Gasteiger partial charge in [-0.3, -0.25) is 4.18 Å². The average molecular weight is 512 g/mol. The molecule has 0 radical (unpaired) electrons. The van der Waals surface area contributed by atoms with Gasteiger partial charge in [0.25, 0.3) is 0 Å². The zero-order valence-electron chi connectivity index (χ0n) is 21.0. The predicted molar refractivity (Wildman–Crippen MR) is 127 cm³/mol. The van der Waals surface area contributed by atoms with Crippen LogP contribution in [0.25, 0.3) is 0 Å². The Morgan fingerprint density at radius 1 is 0.886 bits per heavy atom. The van der Waals surface area contributed by atoms with Crippen LogP contribution >= 0.6 is 0 Å². The van der Waals surface area contributed by atoms with Crippen LogP contribution in [0.1, 0.15) is 29.2 Å². The molecule has 0 unspecified atom stereocenters. The lowest BCUT2D eigenvalue weighted by atomic mass is 9.85. The Labute approximate surface area is 206 Å². The van der Waals surface area contributed by atoms with Gasteiger partial charge in [0, 0.05) is 24.0 Å². The Morgan fingerprint density at radius 3 is 1.97 bits per heavy atom. The van der Waals surface area contributed by atoms with Crippen LogP contribution in [0, 0.1) is 0 Å². The van der Waals surface area contributed by atoms with E-state index >= 15 is 0 Å². The second-order valence-electron chi connectivity index (χ2n) is 8.53. The van der Waals surface area contributed by atoms with Crippen LogP contribution in [-0.4, -0.2) is 79.7 Å². The maximum Gasteiger partial charge on any atom is 0.217 e. The van der Waals surface area contributed by atoms with Crippen LogP contribution in [-0.2, 0) is 21.0 Å². The van der Waals surface area contributed by atoms with Crippen LogP contribution in [0.4, 0.5) is 0 Å². The SMILES string of the molecule is COc1cc2c(cc1OC)[C@H](c1cc(OC)c(OC)c(OC)c1)[N@@+](C)(CCCOS(=O)(=O)[O-])CC2. The number of likely N-dealkylation sites (N-methyl/N-ethyl adjacent to an activating group) is 1. The van der Waals surface area contributed by atoms with Crippen molar-refractivity contribution in [1.29, 1.82) is 0 Å². The molecule has 3 rings (SSSR count). The van der Waals surface area contributed by atoms with Crippen molar-refractivity contribution in [2.45, 2.75) is 18.9 Å². The summed E-state index contributed by atoms with van der Waals surface area (Å²) in [6, 6.07) is 7.64. The lowest BCUT2D eigenvalue weighted by Gasteiger charge is -2.46. The molecule has 35 heavy (non-hydrogen) atoms. The maximum atomic E-state index is 10.9. The quantitative estimate of drug-likeness (QED) is 0.194. The molecule has 1 aliphatic rings. The molecule has 2 atom stereocenters. The Kier molecular flexibility index (Phi) is 8.37. The van der Waals surface area contributed by atoms with E-state index in [1.54, 1.807) is 35.5 Å². The second-order valence-corrected chi connectivity index (χ2v) is 9.58. The second kappa shape index (κ2) is 10.9. The molecule has 0 bridgehead atoms. The zero-order chi connectivity index (χ0) is 25.8. The van der Waals surface area contributed by atoms with Crippen molar-refractivity contribution in [1.82, 2.24) is 0 Å². The minimum atomic E-state index is -4.74. The lowest BCUT2D eigenvalue weighted by Crippen LogP contribution is -2.52. The normalized spacial score (nSPS) is 19.6. The molecule has 0 amide bonds. The average Bonchev–Trinajstić information content (AvgIpc) is 2.84. The summed E-state index contributed by atoms with van der Waals surface area (Å²) in [4.78, 5) is 0. The monoisotopic (exact) mass is 511 g/mol. The summed E-state index contributed by atoms with van der Waals surface area (Å²) < 4.78 is 65.5. The highest BCUT2D eigenvalue weighted by Gasteiger charge is 2.41. The maximum absolute atomic E-state index is 10.9. The highest BCUT2D eigenvalue weighted by molar-refractivity contribution is 7.80. The molecule has 0 aromatic heterocycles. The smallest absolute Gasteiger partial charge is 0.217 e. The molecule has 0 spiro atoms. The van der Waals surface area contributed by atoms with Crippen LogP contribution in [0.2, 0.25) is 0 Å². The van der Waals surface area contributed by atoms with Gasteiger partial charge in [0.05, 0.1) is 62.3 Å². The summed E-state index contributed by atoms with van der Waals surface area (Å²) in [5, 5.41) is 0. The summed E-state index contributed by atoms with van der Waals surface area (Å²) in [6.45, 7) is 1.14. The minimum Gasteiger partial charge on any atom is -0.726 e. The molecular formula is C24H33NO9S. The number of fused-ring (bicyclic) bond motifs is 1. The molecule has 194 valence electrons. The highest BCUT2D eigenvalue weighted by Crippen LogP contribution is 2.48. The number of ether oxygens (including phenoxy) is 5. The summed E-state index contributed by atoms with van der Waals surface area (Å²) in [6.07, 6.45) is 1.15. The van der Waals surface area contributed by atoms with Crippen molar-refractivity contribution in [3.05, 3.63) is 41.0 Å². The van der Waals surface area contributed by atoms with Gasteiger partial charge in [-0.05, 0) is 29.8 Å². The van der Waals surface area contributed by atoms with Crippen molar-refractivity contribution >= 4 is 10.4 Å². The number of quaternary nitrogens is 1. The Bertz CT molecular complexity index is 1130. The fourth-order valence-corrected chi connectivity index (χ4v) is 5.20. The minimum absolute atomic E-state index is 0.180. The van der Waals surface area contributed by atoms with Crippen molar-refractivity contribution in [2.24, 2.45) is 0 Å². The molecule has 0 aliphatic carbocycles. The van der Waals surface area contributed by atoms with Gasteiger partial charge in [0.15, 0.2) is 23.0 Å². The van der Waals surface area contributed by atoms with E-state index in [9.17, 15) is 13.0 Å². The predicted octanol–water partition coefficient (Wildman–Crippen LogP) is 2.69. The summed E-state index contributed by atoms with van der Waals surface area (Å²) in [5.41, 5.74) is 3.09. The molecule has 2 aromatic carbocycles. The molecule has 0 N–H and O–H groups in total. The van der Waals surface area contributed by atoms with Crippen LogP contribution in [0.3, 0.4) is 0 Å². The molecule has 0 saturated carbocycles. The summed E-state index contributed by atoms with van der Waals surface area (Å²) in [7, 11) is 5.25. The zero-order valence-corrected chi connectivity index (χ0v) is 21.8. The number of benzene rings is 2. The van der Waals surface area contributed by atoms with Gasteiger partial charge >= 0.3 is 0 Å². The Morgan fingerprint density at radius 2 is 1.46 bits per heavy atom. The molecule has 11 heteroatoms. The van der Waals surface area contributed by atoms with Gasteiger partial charge in [-0.2, -0.15) is 0 Å². The van der Waals surface area contributed by atoms with E-state index in [-0.39, 0.29) is 12.6 Å². The Hall–Kier alpha value is -2.73. The topological polar surface area (TPSA) is 113 Å². The van der Waals surface area contributed by atoms with Gasteiger partial charge in [-0.25, -0.2) is 8.42 Å². The van der Waals surface area contributed by atoms with Gasteiger partial charge < -0.3 is 32.7 Å². The Balaban J connectivity index is 2.15. The molecule has 2 aromatic rings. The molecule has 1 aliphatic heterocycles. The van der Waals surface area contributed by atoms with E-state index in [0.29, 0.717) is 46.2 Å². The van der Waals surface area contributed by atoms with E-state index in [2.05, 4.69) is 11.2 Å². The molecule has 1 heterocycles. The van der Waals surface area contributed by atoms with Crippen molar-refractivity contribution < 1.29 is 45.3 Å². The van der Waals surface area contributed by atoms with E-state index in [1.807, 2.05) is 24.3 Å². The van der Waals surface area contributed by atoms with E-state index < -0.39 is 10.4 Å². The van der Waals surface area contributed by atoms with Gasteiger partial charge in [0.2, 0.25) is 16.1 Å². The molecule has 0 saturated heterocycles. The third-order valence-electron chi connectivity index (χ3n) is 6.50. The fraction of sp³-hybridized carbons (Fsp3) is 0.500. The van der Waals surface area contributed by atoms with E-state index in [4.69, 9.17) is 23.7 Å². The summed E-state index contributed by atoms with van der Waals surface area (Å²) >= 11 is 0. The molecular weight excluding hydrogens is 478 g/mol. The highest BCUT2D eigenvalue weighted by atomic mass is 32.3. The van der Waals surface area contributed by atoms with E-state index in [0.717, 1.165) is 29.7 Å². The molecule has 0 fully saturated rings. The van der Waals surface area contributed by atoms with Crippen molar-refractivity contribution in [3.63, 3.8) is 0 Å². The first kappa shape index (κ1) is 26.9. The van der Waals surface area contributed by atoms with Crippen LogP contribution < -0.4 is 23.7 Å². The fourth-order valence-electron chi connectivity index (χ4n) is 4.87. The van der Waals surface area contributed by atoms with Gasteiger partial charge in [-0.1, -0.05) is 0 Å². The number of hydrogen-bond acceptors (Lipinski definition) is 9. The first-order chi connectivity index (χ1) is 16.6. The first-order valence-electron chi connectivity index (χ1n) is 11.1. The van der Waals surface area contributed by atoms with Gasteiger partial charge in [-0.15, -0.1) is 0 Å². The van der Waals surface area contributed by atoms with Crippen LogP contribution in [0.15, 0.2) is 24.3 Å². The van der Waals surface area contributed by atoms with Crippen molar-refractivity contribution in [2.75, 3.05) is 62.3 Å². The molecule has 10 nitrogen and oxygen atoms in total. The number of nitrogens with zero attached hydrogens (tertiary/aromatic N) is 1. The first-order valence-corrected chi connectivity index (χ1v) is 12.4. The van der Waals surface area contributed by atoms with Crippen LogP contribution in [0.5, 0.6) is 28.7 Å². The standard InChI is InChI=1S/C24H33NO9S/c1-25(9-7-11-34-35(26,27)28)10-8-16-12-19(29-2)20(30-3)15-18(16)23(25)17-13-21(31-4)24(33-6)22(14-17)32-5/h12-15,23H,7-11H2,1-6H3/t23-,25-/m0/s1. The number of methoxy groups -OCH3 is 5. The van der Waals surface area contributed by atoms with Gasteiger partial charge in [0.1, 0.15) is 6.04 Å². The number of hydrogen-bond donors (Lipinski definition) is 0. The third kappa shape index (κ3) is 5.75.